The fourth-order valence-electron chi connectivity index (χ4n) is 1.99. The Balaban J connectivity index is 2.34. The first-order valence-electron chi connectivity index (χ1n) is 6.72. The van der Waals surface area contributed by atoms with Crippen LogP contribution in [-0.2, 0) is 9.31 Å². The molecule has 0 aliphatic carbocycles. The van der Waals surface area contributed by atoms with Gasteiger partial charge in [0.05, 0.1) is 21.2 Å². The Morgan fingerprint density at radius 1 is 1.05 bits per heavy atom. The first-order valence-corrected chi connectivity index (χ1v) is 7.48. The lowest BCUT2D eigenvalue weighted by Crippen LogP contribution is -2.41. The molecule has 1 aromatic rings. The molecule has 1 heterocycles. The maximum Gasteiger partial charge on any atom is 0.525 e. The van der Waals surface area contributed by atoms with Crippen LogP contribution in [0.1, 0.15) is 40.2 Å². The second-order valence-corrected chi connectivity index (χ2v) is 7.00. The lowest BCUT2D eigenvalue weighted by atomic mass is 9.83. The molecule has 0 bridgehead atoms. The van der Waals surface area contributed by atoms with Crippen LogP contribution in [0.15, 0.2) is 23.9 Å². The minimum atomic E-state index is -1.01. The number of allylic oxidation sites excluding steroid dienone is 1. The molecule has 0 radical (unpaired) electrons. The molecule has 0 N–H and O–H groups in total. The Labute approximate surface area is 135 Å². The van der Waals surface area contributed by atoms with Gasteiger partial charge in [0.2, 0.25) is 0 Å². The molecule has 1 saturated heterocycles. The monoisotopic (exact) mass is 330 g/mol. The van der Waals surface area contributed by atoms with Gasteiger partial charge in [0, 0.05) is 0 Å². The SMILES string of the molecule is CC(=C(F)B1OC(C)(C)C(C)(C)O1)c1ccc(Cl)c(Cl)c1. The average molecular weight is 331 g/mol. The van der Waals surface area contributed by atoms with E-state index in [0.717, 1.165) is 0 Å². The van der Waals surface area contributed by atoms with Gasteiger partial charge in [-0.1, -0.05) is 29.3 Å². The Hall–Kier alpha value is -0.545. The zero-order chi connectivity index (χ0) is 16.0. The van der Waals surface area contributed by atoms with Gasteiger partial charge in [-0.3, -0.25) is 0 Å². The summed E-state index contributed by atoms with van der Waals surface area (Å²) in [6.07, 6.45) is 0. The van der Waals surface area contributed by atoms with Crippen LogP contribution in [-0.4, -0.2) is 18.3 Å². The maximum absolute atomic E-state index is 14.7. The number of benzene rings is 1. The largest absolute Gasteiger partial charge is 0.525 e. The third-order valence-corrected chi connectivity index (χ3v) is 4.91. The van der Waals surface area contributed by atoms with E-state index in [1.54, 1.807) is 25.1 Å². The topological polar surface area (TPSA) is 18.5 Å². The van der Waals surface area contributed by atoms with Crippen LogP contribution >= 0.6 is 23.2 Å². The van der Waals surface area contributed by atoms with Gasteiger partial charge in [0.25, 0.3) is 0 Å². The first kappa shape index (κ1) is 16.8. The molecule has 0 saturated carbocycles. The van der Waals surface area contributed by atoms with Crippen LogP contribution in [0.4, 0.5) is 4.39 Å². The Bertz CT molecular complexity index is 583. The molecule has 0 unspecified atom stereocenters. The summed E-state index contributed by atoms with van der Waals surface area (Å²) in [6.45, 7) is 9.20. The quantitative estimate of drug-likeness (QED) is 0.683. The van der Waals surface area contributed by atoms with Crippen molar-refractivity contribution in [2.45, 2.75) is 45.8 Å². The van der Waals surface area contributed by atoms with Gasteiger partial charge in [-0.2, -0.15) is 0 Å². The number of rotatable bonds is 2. The molecule has 2 rings (SSSR count). The molecule has 0 amide bonds. The summed E-state index contributed by atoms with van der Waals surface area (Å²) >= 11 is 11.8. The van der Waals surface area contributed by atoms with E-state index in [2.05, 4.69) is 0 Å². The van der Waals surface area contributed by atoms with Crippen molar-refractivity contribution in [3.63, 3.8) is 0 Å². The van der Waals surface area contributed by atoms with Crippen LogP contribution < -0.4 is 0 Å². The van der Waals surface area contributed by atoms with Gasteiger partial charge in [-0.25, -0.2) is 4.39 Å². The molecule has 1 aromatic carbocycles. The molecule has 1 aliphatic heterocycles. The Morgan fingerprint density at radius 2 is 1.57 bits per heavy atom. The summed E-state index contributed by atoms with van der Waals surface area (Å²) in [5.41, 5.74) is -0.532. The predicted octanol–water partition coefficient (Wildman–Crippen LogP) is 5.33. The maximum atomic E-state index is 14.7. The van der Waals surface area contributed by atoms with Crippen LogP contribution in [0.25, 0.3) is 5.57 Å². The van der Waals surface area contributed by atoms with E-state index in [4.69, 9.17) is 32.5 Å². The second kappa shape index (κ2) is 5.58. The lowest BCUT2D eigenvalue weighted by Gasteiger charge is -2.32. The minimum absolute atomic E-state index is 0.384. The molecule has 0 aromatic heterocycles. The van der Waals surface area contributed by atoms with Gasteiger partial charge >= 0.3 is 7.12 Å². The van der Waals surface area contributed by atoms with E-state index in [9.17, 15) is 4.39 Å². The first-order chi connectivity index (χ1) is 9.55. The van der Waals surface area contributed by atoms with E-state index >= 15 is 0 Å². The van der Waals surface area contributed by atoms with Gasteiger partial charge < -0.3 is 9.31 Å². The summed E-state index contributed by atoms with van der Waals surface area (Å²) in [6, 6.07) is 4.98. The number of hydrogen-bond acceptors (Lipinski definition) is 2. The van der Waals surface area contributed by atoms with Crippen molar-refractivity contribution in [1.82, 2.24) is 0 Å². The summed E-state index contributed by atoms with van der Waals surface area (Å²) < 4.78 is 26.1. The van der Waals surface area contributed by atoms with Gasteiger partial charge in [0.1, 0.15) is 5.73 Å². The molecule has 21 heavy (non-hydrogen) atoms. The fourth-order valence-corrected chi connectivity index (χ4v) is 2.29. The predicted molar refractivity (Wildman–Crippen MR) is 86.2 cm³/mol. The summed E-state index contributed by atoms with van der Waals surface area (Å²) in [5, 5.41) is 0.819. The highest BCUT2D eigenvalue weighted by molar-refractivity contribution is 6.55. The van der Waals surface area contributed by atoms with Crippen LogP contribution in [0.2, 0.25) is 10.0 Å². The molecule has 1 aliphatic rings. The highest BCUT2D eigenvalue weighted by atomic mass is 35.5. The average Bonchev–Trinajstić information content (AvgIpc) is 2.60. The van der Waals surface area contributed by atoms with Crippen LogP contribution in [0.3, 0.4) is 0 Å². The van der Waals surface area contributed by atoms with Crippen molar-refractivity contribution in [2.24, 2.45) is 0 Å². The number of halogens is 3. The minimum Gasteiger partial charge on any atom is -0.398 e. The van der Waals surface area contributed by atoms with Crippen LogP contribution in [0, 0.1) is 0 Å². The number of hydrogen-bond donors (Lipinski definition) is 0. The lowest BCUT2D eigenvalue weighted by molar-refractivity contribution is 0.00578. The molecular weight excluding hydrogens is 313 g/mol. The van der Waals surface area contributed by atoms with Crippen molar-refractivity contribution in [3.8, 4) is 0 Å². The van der Waals surface area contributed by atoms with E-state index in [1.807, 2.05) is 27.7 Å². The van der Waals surface area contributed by atoms with Crippen molar-refractivity contribution in [1.29, 1.82) is 0 Å². The van der Waals surface area contributed by atoms with Crippen molar-refractivity contribution >= 4 is 35.9 Å². The smallest absolute Gasteiger partial charge is 0.398 e. The van der Waals surface area contributed by atoms with E-state index < -0.39 is 24.0 Å². The molecule has 114 valence electrons. The zero-order valence-corrected chi connectivity index (χ0v) is 14.3. The molecular formula is C15H18BCl2FO2. The van der Waals surface area contributed by atoms with Crippen molar-refractivity contribution in [2.75, 3.05) is 0 Å². The van der Waals surface area contributed by atoms with Gasteiger partial charge in [-0.15, -0.1) is 0 Å². The zero-order valence-electron chi connectivity index (χ0n) is 12.8. The normalized spacial score (nSPS) is 21.4. The van der Waals surface area contributed by atoms with E-state index in [-0.39, 0.29) is 0 Å². The van der Waals surface area contributed by atoms with Crippen LogP contribution in [0.5, 0.6) is 0 Å². The molecule has 2 nitrogen and oxygen atoms in total. The van der Waals surface area contributed by atoms with E-state index in [1.165, 1.54) is 0 Å². The van der Waals surface area contributed by atoms with Gasteiger partial charge in [0.15, 0.2) is 0 Å². The molecule has 6 heteroatoms. The van der Waals surface area contributed by atoms with E-state index in [0.29, 0.717) is 21.2 Å². The van der Waals surface area contributed by atoms with Crippen molar-refractivity contribution < 1.29 is 13.7 Å². The fraction of sp³-hybridized carbons (Fsp3) is 0.467. The summed E-state index contributed by atoms with van der Waals surface area (Å²) in [5.74, 6) is 0. The van der Waals surface area contributed by atoms with Gasteiger partial charge in [-0.05, 0) is 57.9 Å². The molecule has 0 atom stereocenters. The Kier molecular flexibility index (Phi) is 4.47. The van der Waals surface area contributed by atoms with Crippen molar-refractivity contribution in [3.05, 3.63) is 39.5 Å². The molecule has 1 fully saturated rings. The summed E-state index contributed by atoms with van der Waals surface area (Å²) in [4.78, 5) is 0. The second-order valence-electron chi connectivity index (χ2n) is 6.19. The summed E-state index contributed by atoms with van der Waals surface area (Å²) in [7, 11) is -1.01. The standard InChI is InChI=1S/C15H18BCl2FO2/c1-9(10-6-7-11(17)12(18)8-10)13(19)16-20-14(2,3)15(4,5)21-16/h6-8H,1-5H3. The highest BCUT2D eigenvalue weighted by Crippen LogP contribution is 2.40. The molecule has 0 spiro atoms. The highest BCUT2D eigenvalue weighted by Gasteiger charge is 2.53. The third-order valence-electron chi connectivity index (χ3n) is 4.17. The Morgan fingerprint density at radius 3 is 2.05 bits per heavy atom. The third kappa shape index (κ3) is 3.14.